The maximum Gasteiger partial charge on any atom is 0.134 e. The number of fused-ring (bicyclic) bond motifs is 1. The van der Waals surface area contributed by atoms with E-state index in [4.69, 9.17) is 16.3 Å². The van der Waals surface area contributed by atoms with E-state index in [1.165, 1.54) is 0 Å². The molecule has 4 nitrogen and oxygen atoms in total. The SMILES string of the molecule is COc1ccc2cc(CN3CCCC(O)C3)c(Cl)nc2c1. The molecule has 0 spiro atoms. The normalized spacial score (nSPS) is 19.9. The molecule has 1 fully saturated rings. The fraction of sp³-hybridized carbons (Fsp3) is 0.438. The van der Waals surface area contributed by atoms with Gasteiger partial charge in [-0.15, -0.1) is 0 Å². The third kappa shape index (κ3) is 3.28. The second kappa shape index (κ2) is 6.18. The largest absolute Gasteiger partial charge is 0.497 e. The number of pyridine rings is 1. The monoisotopic (exact) mass is 306 g/mol. The van der Waals surface area contributed by atoms with Crippen molar-refractivity contribution in [3.63, 3.8) is 0 Å². The zero-order valence-corrected chi connectivity index (χ0v) is 12.8. The third-order valence-corrected chi connectivity index (χ3v) is 4.25. The topological polar surface area (TPSA) is 45.6 Å². The number of ether oxygens (including phenoxy) is 1. The molecule has 1 N–H and O–H groups in total. The Kier molecular flexibility index (Phi) is 4.29. The Balaban J connectivity index is 1.86. The number of hydrogen-bond acceptors (Lipinski definition) is 4. The van der Waals surface area contributed by atoms with Crippen molar-refractivity contribution in [2.75, 3.05) is 20.2 Å². The van der Waals surface area contributed by atoms with Crippen molar-refractivity contribution in [1.29, 1.82) is 0 Å². The molecule has 0 aliphatic carbocycles. The molecule has 21 heavy (non-hydrogen) atoms. The van der Waals surface area contributed by atoms with Gasteiger partial charge in [-0.3, -0.25) is 4.90 Å². The molecule has 3 rings (SSSR count). The van der Waals surface area contributed by atoms with E-state index in [0.717, 1.165) is 48.1 Å². The zero-order valence-electron chi connectivity index (χ0n) is 12.1. The van der Waals surface area contributed by atoms with E-state index in [1.54, 1.807) is 7.11 Å². The van der Waals surface area contributed by atoms with Gasteiger partial charge in [-0.1, -0.05) is 11.6 Å². The smallest absolute Gasteiger partial charge is 0.134 e. The van der Waals surface area contributed by atoms with E-state index in [9.17, 15) is 5.11 Å². The number of nitrogens with zero attached hydrogens (tertiary/aromatic N) is 2. The number of methoxy groups -OCH3 is 1. The molecule has 0 saturated carbocycles. The first kappa shape index (κ1) is 14.6. The number of hydrogen-bond donors (Lipinski definition) is 1. The molecule has 5 heteroatoms. The molecule has 1 saturated heterocycles. The Morgan fingerprint density at radius 3 is 3.05 bits per heavy atom. The lowest BCUT2D eigenvalue weighted by Gasteiger charge is -2.30. The van der Waals surface area contributed by atoms with Crippen LogP contribution in [-0.2, 0) is 6.54 Å². The van der Waals surface area contributed by atoms with Crippen LogP contribution in [0.2, 0.25) is 5.15 Å². The average Bonchev–Trinajstić information content (AvgIpc) is 2.47. The highest BCUT2D eigenvalue weighted by Crippen LogP contribution is 2.25. The van der Waals surface area contributed by atoms with E-state index >= 15 is 0 Å². The Labute approximate surface area is 129 Å². The Hall–Kier alpha value is -1.36. The van der Waals surface area contributed by atoms with Gasteiger partial charge < -0.3 is 9.84 Å². The Morgan fingerprint density at radius 1 is 1.43 bits per heavy atom. The van der Waals surface area contributed by atoms with Gasteiger partial charge in [0.2, 0.25) is 0 Å². The fourth-order valence-corrected chi connectivity index (χ4v) is 3.03. The zero-order chi connectivity index (χ0) is 14.8. The van der Waals surface area contributed by atoms with Crippen LogP contribution in [0.5, 0.6) is 5.75 Å². The van der Waals surface area contributed by atoms with Gasteiger partial charge in [-0.2, -0.15) is 0 Å². The Bertz CT molecular complexity index is 647. The van der Waals surface area contributed by atoms with Crippen molar-refractivity contribution in [3.8, 4) is 5.75 Å². The van der Waals surface area contributed by atoms with Gasteiger partial charge in [-0.05, 0) is 37.6 Å². The highest BCUT2D eigenvalue weighted by atomic mass is 35.5. The summed E-state index contributed by atoms with van der Waals surface area (Å²) in [6.07, 6.45) is 1.69. The summed E-state index contributed by atoms with van der Waals surface area (Å²) in [5.74, 6) is 0.776. The number of piperidine rings is 1. The average molecular weight is 307 g/mol. The molecular weight excluding hydrogens is 288 g/mol. The van der Waals surface area contributed by atoms with Gasteiger partial charge in [0.1, 0.15) is 10.9 Å². The number of halogens is 1. The molecule has 112 valence electrons. The molecule has 0 bridgehead atoms. The third-order valence-electron chi connectivity index (χ3n) is 3.93. The van der Waals surface area contributed by atoms with Gasteiger partial charge in [-0.25, -0.2) is 4.98 Å². The van der Waals surface area contributed by atoms with Crippen LogP contribution in [0.3, 0.4) is 0 Å². The van der Waals surface area contributed by atoms with E-state index in [0.29, 0.717) is 11.7 Å². The van der Waals surface area contributed by atoms with E-state index in [2.05, 4.69) is 16.0 Å². The summed E-state index contributed by atoms with van der Waals surface area (Å²) in [7, 11) is 1.64. The van der Waals surface area contributed by atoms with Gasteiger partial charge in [0.15, 0.2) is 0 Å². The minimum Gasteiger partial charge on any atom is -0.497 e. The van der Waals surface area contributed by atoms with Crippen molar-refractivity contribution in [2.45, 2.75) is 25.5 Å². The quantitative estimate of drug-likeness (QED) is 0.886. The molecular formula is C16H19ClN2O2. The number of likely N-dealkylation sites (tertiary alicyclic amines) is 1. The van der Waals surface area contributed by atoms with Crippen LogP contribution in [0, 0.1) is 0 Å². The molecule has 0 radical (unpaired) electrons. The number of aliphatic hydroxyl groups is 1. The number of aromatic nitrogens is 1. The molecule has 2 aromatic rings. The van der Waals surface area contributed by atoms with Crippen molar-refractivity contribution in [3.05, 3.63) is 35.0 Å². The lowest BCUT2D eigenvalue weighted by atomic mass is 10.1. The number of aliphatic hydroxyl groups excluding tert-OH is 1. The Morgan fingerprint density at radius 2 is 2.29 bits per heavy atom. The molecule has 1 aromatic heterocycles. The van der Waals surface area contributed by atoms with Crippen molar-refractivity contribution < 1.29 is 9.84 Å². The number of rotatable bonds is 3. The van der Waals surface area contributed by atoms with Crippen LogP contribution in [-0.4, -0.2) is 41.3 Å². The molecule has 1 aliphatic heterocycles. The molecule has 2 heterocycles. The number of β-amino-alcohol motifs (C(OH)–C–C–N with tert-alkyl or cyclic N) is 1. The van der Waals surface area contributed by atoms with Crippen LogP contribution in [0.1, 0.15) is 18.4 Å². The van der Waals surface area contributed by atoms with Crippen LogP contribution >= 0.6 is 11.6 Å². The maximum absolute atomic E-state index is 9.75. The maximum atomic E-state index is 9.75. The summed E-state index contributed by atoms with van der Waals surface area (Å²) in [4.78, 5) is 6.69. The molecule has 1 atom stereocenters. The summed E-state index contributed by atoms with van der Waals surface area (Å²) in [6, 6.07) is 7.87. The van der Waals surface area contributed by atoms with Gasteiger partial charge >= 0.3 is 0 Å². The van der Waals surface area contributed by atoms with Gasteiger partial charge in [0, 0.05) is 30.1 Å². The van der Waals surface area contributed by atoms with Crippen molar-refractivity contribution in [1.82, 2.24) is 9.88 Å². The molecule has 1 unspecified atom stereocenters. The van der Waals surface area contributed by atoms with Crippen molar-refractivity contribution >= 4 is 22.5 Å². The molecule has 0 amide bonds. The van der Waals surface area contributed by atoms with Crippen molar-refractivity contribution in [2.24, 2.45) is 0 Å². The van der Waals surface area contributed by atoms with Crippen LogP contribution < -0.4 is 4.74 Å². The van der Waals surface area contributed by atoms with E-state index in [1.807, 2.05) is 18.2 Å². The predicted molar refractivity (Wildman–Crippen MR) is 83.8 cm³/mol. The predicted octanol–water partition coefficient (Wildman–Crippen LogP) is 2.85. The lowest BCUT2D eigenvalue weighted by molar-refractivity contribution is 0.0668. The summed E-state index contributed by atoms with van der Waals surface area (Å²) in [5, 5.41) is 11.3. The molecule has 1 aliphatic rings. The fourth-order valence-electron chi connectivity index (χ4n) is 2.82. The second-order valence-electron chi connectivity index (χ2n) is 5.53. The summed E-state index contributed by atoms with van der Waals surface area (Å²) in [6.45, 7) is 2.43. The summed E-state index contributed by atoms with van der Waals surface area (Å²) >= 11 is 6.31. The van der Waals surface area contributed by atoms with Gasteiger partial charge in [0.05, 0.1) is 18.7 Å². The lowest BCUT2D eigenvalue weighted by Crippen LogP contribution is -2.37. The van der Waals surface area contributed by atoms with Gasteiger partial charge in [0.25, 0.3) is 0 Å². The van der Waals surface area contributed by atoms with Crippen LogP contribution in [0.4, 0.5) is 0 Å². The first-order valence-electron chi connectivity index (χ1n) is 7.19. The highest BCUT2D eigenvalue weighted by Gasteiger charge is 2.19. The van der Waals surface area contributed by atoms with E-state index < -0.39 is 0 Å². The molecule has 1 aromatic carbocycles. The summed E-state index contributed by atoms with van der Waals surface area (Å²) < 4.78 is 5.21. The standard InChI is InChI=1S/C16H19ClN2O2/c1-21-14-5-4-11-7-12(16(17)18-15(11)8-14)9-19-6-2-3-13(20)10-19/h4-5,7-8,13,20H,2-3,6,9-10H2,1H3. The minimum absolute atomic E-state index is 0.227. The van der Waals surface area contributed by atoms with E-state index in [-0.39, 0.29) is 6.10 Å². The first-order valence-corrected chi connectivity index (χ1v) is 7.57. The second-order valence-corrected chi connectivity index (χ2v) is 5.89. The first-order chi connectivity index (χ1) is 10.2. The minimum atomic E-state index is -0.227. The summed E-state index contributed by atoms with van der Waals surface area (Å²) in [5.41, 5.74) is 1.84. The number of benzene rings is 1. The highest BCUT2D eigenvalue weighted by molar-refractivity contribution is 6.30. The van der Waals surface area contributed by atoms with Crippen LogP contribution in [0.25, 0.3) is 10.9 Å². The van der Waals surface area contributed by atoms with Crippen LogP contribution in [0.15, 0.2) is 24.3 Å².